The highest BCUT2D eigenvalue weighted by Gasteiger charge is 2.42. The summed E-state index contributed by atoms with van der Waals surface area (Å²) in [5.74, 6) is 0.102. The molecule has 0 saturated carbocycles. The van der Waals surface area contributed by atoms with Crippen molar-refractivity contribution in [3.8, 4) is 28.5 Å². The van der Waals surface area contributed by atoms with Crippen LogP contribution in [0.5, 0.6) is 17.2 Å². The molecule has 1 aromatic heterocycles. The van der Waals surface area contributed by atoms with Crippen LogP contribution in [0, 0.1) is 6.92 Å². The van der Waals surface area contributed by atoms with Crippen molar-refractivity contribution < 1.29 is 19.7 Å². The summed E-state index contributed by atoms with van der Waals surface area (Å²) >= 11 is 6.36. The van der Waals surface area contributed by atoms with Gasteiger partial charge in [0.15, 0.2) is 11.5 Å². The molecule has 3 aromatic carbocycles. The van der Waals surface area contributed by atoms with Gasteiger partial charge in [0.1, 0.15) is 17.1 Å². The maximum atomic E-state index is 13.5. The maximum Gasteiger partial charge on any atom is 0.273 e. The molecule has 1 aliphatic heterocycles. The number of H-pyrrole nitrogens is 1. The van der Waals surface area contributed by atoms with E-state index >= 15 is 0 Å². The van der Waals surface area contributed by atoms with Gasteiger partial charge in [0.05, 0.1) is 13.2 Å². The Hall–Kier alpha value is -3.97. The van der Waals surface area contributed by atoms with E-state index in [1.54, 1.807) is 36.1 Å². The molecule has 34 heavy (non-hydrogen) atoms. The number of aromatic amines is 1. The van der Waals surface area contributed by atoms with Gasteiger partial charge in [-0.05, 0) is 47.9 Å². The van der Waals surface area contributed by atoms with Crippen LogP contribution in [0.4, 0.5) is 0 Å². The molecule has 3 N–H and O–H groups in total. The Balaban J connectivity index is 1.70. The monoisotopic (exact) mass is 475 g/mol. The number of phenolic OH excluding ortho intramolecular Hbond substituents is 2. The van der Waals surface area contributed by atoms with Gasteiger partial charge >= 0.3 is 0 Å². The fraction of sp³-hybridized carbons (Fsp3) is 0.154. The molecule has 7 nitrogen and oxygen atoms in total. The molecule has 0 aliphatic carbocycles. The minimum absolute atomic E-state index is 0.000726. The van der Waals surface area contributed by atoms with Crippen molar-refractivity contribution >= 4 is 17.5 Å². The third-order valence-electron chi connectivity index (χ3n) is 6.11. The Morgan fingerprint density at radius 1 is 1.09 bits per heavy atom. The number of aromatic nitrogens is 2. The number of ether oxygens (including phenoxy) is 1. The fourth-order valence-electron chi connectivity index (χ4n) is 4.41. The van der Waals surface area contributed by atoms with E-state index in [-0.39, 0.29) is 17.4 Å². The highest BCUT2D eigenvalue weighted by atomic mass is 35.5. The van der Waals surface area contributed by atoms with E-state index in [0.29, 0.717) is 39.8 Å². The quantitative estimate of drug-likeness (QED) is 0.368. The van der Waals surface area contributed by atoms with Crippen molar-refractivity contribution in [1.82, 2.24) is 15.1 Å². The summed E-state index contributed by atoms with van der Waals surface area (Å²) in [6.07, 6.45) is 0. The smallest absolute Gasteiger partial charge is 0.273 e. The second-order valence-corrected chi connectivity index (χ2v) is 8.64. The molecule has 0 radical (unpaired) electrons. The van der Waals surface area contributed by atoms with E-state index in [2.05, 4.69) is 10.2 Å². The Labute approximate surface area is 201 Å². The van der Waals surface area contributed by atoms with Crippen molar-refractivity contribution in [2.45, 2.75) is 19.5 Å². The standard InChI is InChI=1S/C26H22ClN3O4/c1-14-10-20(32)17(12-18(14)27)23-22-24(29-28-23)26(33)30(13-15-6-4-3-5-7-15)25(22)16-8-9-19(31)21(11-16)34-2/h3-12,25,31-32H,13H2,1-2H3,(H,28,29)/t25-/m0/s1. The lowest BCUT2D eigenvalue weighted by Gasteiger charge is -2.27. The van der Waals surface area contributed by atoms with Crippen molar-refractivity contribution in [1.29, 1.82) is 0 Å². The van der Waals surface area contributed by atoms with E-state index in [9.17, 15) is 15.0 Å². The van der Waals surface area contributed by atoms with Crippen LogP contribution in [0.25, 0.3) is 11.3 Å². The van der Waals surface area contributed by atoms with Gasteiger partial charge < -0.3 is 19.8 Å². The van der Waals surface area contributed by atoms with Crippen LogP contribution >= 0.6 is 11.6 Å². The number of carbonyl (C=O) groups is 1. The summed E-state index contributed by atoms with van der Waals surface area (Å²) in [7, 11) is 1.47. The molecular weight excluding hydrogens is 454 g/mol. The summed E-state index contributed by atoms with van der Waals surface area (Å²) in [6.45, 7) is 2.16. The first-order valence-corrected chi connectivity index (χ1v) is 11.1. The average molecular weight is 476 g/mol. The number of methoxy groups -OCH3 is 1. The second-order valence-electron chi connectivity index (χ2n) is 8.23. The van der Waals surface area contributed by atoms with Crippen molar-refractivity contribution in [2.75, 3.05) is 7.11 Å². The van der Waals surface area contributed by atoms with Gasteiger partial charge in [-0.1, -0.05) is 48.0 Å². The number of nitrogens with zero attached hydrogens (tertiary/aromatic N) is 2. The number of nitrogens with one attached hydrogen (secondary N) is 1. The van der Waals surface area contributed by atoms with Gasteiger partial charge in [-0.2, -0.15) is 5.10 Å². The van der Waals surface area contributed by atoms with E-state index in [1.165, 1.54) is 13.2 Å². The highest BCUT2D eigenvalue weighted by molar-refractivity contribution is 6.31. The summed E-state index contributed by atoms with van der Waals surface area (Å²) < 4.78 is 5.32. The molecule has 0 unspecified atom stereocenters. The van der Waals surface area contributed by atoms with Crippen LogP contribution < -0.4 is 4.74 Å². The zero-order chi connectivity index (χ0) is 24.0. The fourth-order valence-corrected chi connectivity index (χ4v) is 4.58. The molecule has 1 aliphatic rings. The van der Waals surface area contributed by atoms with Gasteiger partial charge in [-0.15, -0.1) is 0 Å². The number of aryl methyl sites for hydroxylation is 1. The zero-order valence-corrected chi connectivity index (χ0v) is 19.3. The number of hydrogen-bond acceptors (Lipinski definition) is 5. The Morgan fingerprint density at radius 3 is 2.59 bits per heavy atom. The average Bonchev–Trinajstić information content (AvgIpc) is 3.37. The van der Waals surface area contributed by atoms with Gasteiger partial charge in [0, 0.05) is 22.7 Å². The molecule has 0 fully saturated rings. The Kier molecular flexibility index (Phi) is 5.42. The lowest BCUT2D eigenvalue weighted by Crippen LogP contribution is -2.29. The van der Waals surface area contributed by atoms with Gasteiger partial charge in [0.2, 0.25) is 0 Å². The van der Waals surface area contributed by atoms with Crippen LogP contribution in [-0.2, 0) is 6.54 Å². The van der Waals surface area contributed by atoms with E-state index < -0.39 is 6.04 Å². The van der Waals surface area contributed by atoms with Crippen LogP contribution in [0.1, 0.15) is 38.8 Å². The first kappa shape index (κ1) is 21.9. The second kappa shape index (κ2) is 8.43. The lowest BCUT2D eigenvalue weighted by atomic mass is 9.94. The molecule has 0 saturated heterocycles. The molecule has 1 atom stereocenters. The van der Waals surface area contributed by atoms with Crippen LogP contribution in [0.15, 0.2) is 60.7 Å². The number of aromatic hydroxyl groups is 2. The predicted molar refractivity (Wildman–Crippen MR) is 128 cm³/mol. The third kappa shape index (κ3) is 3.54. The maximum absolute atomic E-state index is 13.5. The summed E-state index contributed by atoms with van der Waals surface area (Å²) in [5, 5.41) is 28.6. The molecular formula is C26H22ClN3O4. The number of fused-ring (bicyclic) bond motifs is 1. The number of hydrogen-bond donors (Lipinski definition) is 3. The largest absolute Gasteiger partial charge is 0.507 e. The van der Waals surface area contributed by atoms with Crippen molar-refractivity contribution in [2.24, 2.45) is 0 Å². The molecule has 172 valence electrons. The molecule has 5 rings (SSSR count). The normalized spacial score (nSPS) is 15.0. The minimum Gasteiger partial charge on any atom is -0.507 e. The van der Waals surface area contributed by atoms with E-state index in [4.69, 9.17) is 16.3 Å². The predicted octanol–water partition coefficient (Wildman–Crippen LogP) is 5.20. The number of phenols is 2. The number of amides is 1. The highest BCUT2D eigenvalue weighted by Crippen LogP contribution is 2.47. The number of halogens is 1. The number of rotatable bonds is 5. The van der Waals surface area contributed by atoms with Crippen LogP contribution in [-0.4, -0.2) is 38.3 Å². The first-order chi connectivity index (χ1) is 16.4. The van der Waals surface area contributed by atoms with E-state index in [0.717, 1.165) is 16.7 Å². The Bertz CT molecular complexity index is 1400. The van der Waals surface area contributed by atoms with Crippen LogP contribution in [0.2, 0.25) is 5.02 Å². The number of carbonyl (C=O) groups excluding carboxylic acids is 1. The first-order valence-electron chi connectivity index (χ1n) is 10.7. The zero-order valence-electron chi connectivity index (χ0n) is 18.5. The summed E-state index contributed by atoms with van der Waals surface area (Å²) in [4.78, 5) is 15.3. The van der Waals surface area contributed by atoms with Crippen molar-refractivity contribution in [3.63, 3.8) is 0 Å². The molecule has 4 aromatic rings. The SMILES string of the molecule is COc1cc([C@H]2c3c(-c4cc(Cl)c(C)cc4O)n[nH]c3C(=O)N2Cc2ccccc2)ccc1O. The molecule has 0 bridgehead atoms. The molecule has 0 spiro atoms. The van der Waals surface area contributed by atoms with Gasteiger partial charge in [0.25, 0.3) is 5.91 Å². The molecule has 1 amide bonds. The lowest BCUT2D eigenvalue weighted by molar-refractivity contribution is 0.0730. The summed E-state index contributed by atoms with van der Waals surface area (Å²) in [5.41, 5.74) is 4.28. The van der Waals surface area contributed by atoms with E-state index in [1.807, 2.05) is 30.3 Å². The summed E-state index contributed by atoms with van der Waals surface area (Å²) in [6, 6.07) is 17.4. The Morgan fingerprint density at radius 2 is 1.85 bits per heavy atom. The number of benzene rings is 3. The topological polar surface area (TPSA) is 98.7 Å². The molecule has 2 heterocycles. The third-order valence-corrected chi connectivity index (χ3v) is 6.52. The molecule has 8 heteroatoms. The van der Waals surface area contributed by atoms with Gasteiger partial charge in [-0.25, -0.2) is 0 Å². The van der Waals surface area contributed by atoms with Crippen molar-refractivity contribution in [3.05, 3.63) is 93.6 Å². The van der Waals surface area contributed by atoms with Crippen LogP contribution in [0.3, 0.4) is 0 Å². The van der Waals surface area contributed by atoms with Gasteiger partial charge in [-0.3, -0.25) is 9.89 Å². The minimum atomic E-state index is -0.537.